The molecule has 196 valence electrons. The molecule has 6 atom stereocenters. The molecule has 1 spiro atoms. The van der Waals surface area contributed by atoms with Crippen molar-refractivity contribution in [1.82, 2.24) is 10.2 Å². The van der Waals surface area contributed by atoms with Gasteiger partial charge in [-0.25, -0.2) is 0 Å². The highest BCUT2D eigenvalue weighted by Crippen LogP contribution is 2.71. The van der Waals surface area contributed by atoms with Crippen LogP contribution in [0.4, 0.5) is 5.69 Å². The first-order valence-corrected chi connectivity index (χ1v) is 13.9. The van der Waals surface area contributed by atoms with E-state index in [9.17, 15) is 19.5 Å². The summed E-state index contributed by atoms with van der Waals surface area (Å²) in [6, 6.07) is 17.5. The van der Waals surface area contributed by atoms with E-state index >= 15 is 0 Å². The molecule has 2 aromatic carbocycles. The number of thioether (sulfide) groups is 1. The Morgan fingerprint density at radius 1 is 1.05 bits per heavy atom. The van der Waals surface area contributed by atoms with E-state index in [2.05, 4.69) is 17.6 Å². The van der Waals surface area contributed by atoms with Gasteiger partial charge in [-0.2, -0.15) is 0 Å². The molecule has 3 aliphatic rings. The summed E-state index contributed by atoms with van der Waals surface area (Å²) in [6.07, 6.45) is 1.85. The maximum atomic E-state index is 14.3. The van der Waals surface area contributed by atoms with E-state index in [-0.39, 0.29) is 30.4 Å². The van der Waals surface area contributed by atoms with Gasteiger partial charge in [0.15, 0.2) is 0 Å². The Morgan fingerprint density at radius 3 is 2.32 bits per heavy atom. The lowest BCUT2D eigenvalue weighted by Crippen LogP contribution is -2.57. The number of para-hydroxylation sites is 1. The molecule has 3 N–H and O–H groups in total. The van der Waals surface area contributed by atoms with Crippen LogP contribution >= 0.6 is 11.8 Å². The van der Waals surface area contributed by atoms with Gasteiger partial charge in [-0.05, 0) is 57.7 Å². The van der Waals surface area contributed by atoms with Gasteiger partial charge in [0.05, 0.1) is 29.2 Å². The third kappa shape index (κ3) is 4.34. The van der Waals surface area contributed by atoms with E-state index in [1.54, 1.807) is 16.7 Å². The second-order valence-electron chi connectivity index (χ2n) is 11.0. The number of anilines is 1. The first-order chi connectivity index (χ1) is 17.7. The van der Waals surface area contributed by atoms with Crippen LogP contribution in [-0.2, 0) is 20.8 Å². The fourth-order valence-electron chi connectivity index (χ4n) is 6.70. The van der Waals surface area contributed by atoms with Gasteiger partial charge >= 0.3 is 0 Å². The molecule has 2 unspecified atom stereocenters. The minimum atomic E-state index is -0.755. The van der Waals surface area contributed by atoms with Crippen molar-refractivity contribution in [3.8, 4) is 0 Å². The van der Waals surface area contributed by atoms with Crippen molar-refractivity contribution in [1.29, 1.82) is 0 Å². The molecule has 2 bridgehead atoms. The zero-order chi connectivity index (χ0) is 26.4. The number of fused-ring (bicyclic) bond motifs is 1. The lowest BCUT2D eigenvalue weighted by molar-refractivity contribution is -0.142. The number of amides is 3. The van der Waals surface area contributed by atoms with Gasteiger partial charge < -0.3 is 20.6 Å². The average Bonchev–Trinajstić information content (AvgIpc) is 3.44. The summed E-state index contributed by atoms with van der Waals surface area (Å²) < 4.78 is -1.16. The summed E-state index contributed by atoms with van der Waals surface area (Å²) in [7, 11) is 0. The minimum Gasteiger partial charge on any atom is -0.394 e. The second-order valence-corrected chi connectivity index (χ2v) is 12.9. The van der Waals surface area contributed by atoms with E-state index in [4.69, 9.17) is 0 Å². The number of hydrogen-bond acceptors (Lipinski definition) is 5. The SMILES string of the molecule is CC(C)NC(=O)C1N([C@@H](CO)Cc2ccccc2)C(=O)[C@@H]2[C@@H](C(=O)Nc3ccccc3)[C@@]3(C)CCC12S3. The van der Waals surface area contributed by atoms with Crippen LogP contribution in [0.25, 0.3) is 0 Å². The van der Waals surface area contributed by atoms with Crippen LogP contribution in [0, 0.1) is 11.8 Å². The van der Waals surface area contributed by atoms with Crippen LogP contribution in [0.3, 0.4) is 0 Å². The van der Waals surface area contributed by atoms with Gasteiger partial charge in [-0.15, -0.1) is 11.8 Å². The summed E-state index contributed by atoms with van der Waals surface area (Å²) in [5.74, 6) is -1.81. The fourth-order valence-corrected chi connectivity index (χ4v) is 9.04. The highest BCUT2D eigenvalue weighted by Gasteiger charge is 2.77. The Kier molecular flexibility index (Phi) is 6.83. The number of aliphatic hydroxyl groups is 1. The van der Waals surface area contributed by atoms with Crippen molar-refractivity contribution in [2.75, 3.05) is 11.9 Å². The quantitative estimate of drug-likeness (QED) is 0.496. The molecular weight excluding hydrogens is 486 g/mol. The maximum Gasteiger partial charge on any atom is 0.244 e. The first kappa shape index (κ1) is 25.8. The summed E-state index contributed by atoms with van der Waals surface area (Å²) in [6.45, 7) is 5.59. The monoisotopic (exact) mass is 521 g/mol. The van der Waals surface area contributed by atoms with Gasteiger partial charge in [0.1, 0.15) is 6.04 Å². The van der Waals surface area contributed by atoms with E-state index in [1.165, 1.54) is 0 Å². The molecule has 0 radical (unpaired) electrons. The average molecular weight is 522 g/mol. The Morgan fingerprint density at radius 2 is 1.70 bits per heavy atom. The highest BCUT2D eigenvalue weighted by atomic mass is 32.2. The molecular formula is C29H35N3O4S. The van der Waals surface area contributed by atoms with Crippen molar-refractivity contribution < 1.29 is 19.5 Å². The number of hydrogen-bond donors (Lipinski definition) is 3. The third-order valence-corrected chi connectivity index (χ3v) is 10.1. The fraction of sp³-hybridized carbons (Fsp3) is 0.483. The Labute approximate surface area is 222 Å². The number of likely N-dealkylation sites (tertiary alicyclic amines) is 1. The summed E-state index contributed by atoms with van der Waals surface area (Å²) in [5, 5.41) is 16.5. The number of rotatable bonds is 8. The van der Waals surface area contributed by atoms with Crippen LogP contribution in [0.5, 0.6) is 0 Å². The second kappa shape index (κ2) is 9.80. The number of benzene rings is 2. The van der Waals surface area contributed by atoms with Gasteiger partial charge in [-0.1, -0.05) is 48.5 Å². The molecule has 3 heterocycles. The van der Waals surface area contributed by atoms with Crippen molar-refractivity contribution in [2.45, 2.75) is 67.7 Å². The van der Waals surface area contributed by atoms with Crippen LogP contribution < -0.4 is 10.6 Å². The van der Waals surface area contributed by atoms with Crippen LogP contribution in [0.15, 0.2) is 60.7 Å². The lowest BCUT2D eigenvalue weighted by atomic mass is 9.66. The Balaban J connectivity index is 1.54. The van der Waals surface area contributed by atoms with Crippen LogP contribution in [-0.4, -0.2) is 62.0 Å². The lowest BCUT2D eigenvalue weighted by Gasteiger charge is -2.37. The van der Waals surface area contributed by atoms with Crippen molar-refractivity contribution in [3.63, 3.8) is 0 Å². The molecule has 5 rings (SSSR count). The first-order valence-electron chi connectivity index (χ1n) is 13.0. The third-order valence-electron chi connectivity index (χ3n) is 8.14. The Bertz CT molecular complexity index is 1180. The highest BCUT2D eigenvalue weighted by molar-refractivity contribution is 8.02. The molecule has 3 fully saturated rings. The van der Waals surface area contributed by atoms with E-state index < -0.39 is 33.4 Å². The molecule has 3 saturated heterocycles. The van der Waals surface area contributed by atoms with Gasteiger partial charge in [0.2, 0.25) is 17.7 Å². The molecule has 37 heavy (non-hydrogen) atoms. The van der Waals surface area contributed by atoms with Gasteiger partial charge in [0.25, 0.3) is 0 Å². The predicted molar refractivity (Wildman–Crippen MR) is 145 cm³/mol. The summed E-state index contributed by atoms with van der Waals surface area (Å²) >= 11 is 1.64. The Hall–Kier alpha value is -2.84. The summed E-state index contributed by atoms with van der Waals surface area (Å²) in [4.78, 5) is 43.5. The summed E-state index contributed by atoms with van der Waals surface area (Å²) in [5.41, 5.74) is 1.67. The van der Waals surface area contributed by atoms with Crippen LogP contribution in [0.2, 0.25) is 0 Å². The van der Waals surface area contributed by atoms with Gasteiger partial charge in [-0.3, -0.25) is 14.4 Å². The minimum absolute atomic E-state index is 0.0991. The van der Waals surface area contributed by atoms with Crippen molar-refractivity contribution >= 4 is 35.2 Å². The number of carbonyl (C=O) groups excluding carboxylic acids is 3. The molecule has 0 saturated carbocycles. The normalized spacial score (nSPS) is 30.9. The molecule has 0 aliphatic carbocycles. The number of aliphatic hydroxyl groups excluding tert-OH is 1. The predicted octanol–water partition coefficient (Wildman–Crippen LogP) is 3.23. The van der Waals surface area contributed by atoms with E-state index in [0.29, 0.717) is 18.5 Å². The van der Waals surface area contributed by atoms with E-state index in [0.717, 1.165) is 12.0 Å². The van der Waals surface area contributed by atoms with Crippen molar-refractivity contribution in [3.05, 3.63) is 66.2 Å². The zero-order valence-electron chi connectivity index (χ0n) is 21.5. The molecule has 7 nitrogen and oxygen atoms in total. The molecule has 0 aromatic heterocycles. The maximum absolute atomic E-state index is 14.3. The largest absolute Gasteiger partial charge is 0.394 e. The molecule has 8 heteroatoms. The number of carbonyl (C=O) groups is 3. The molecule has 3 amide bonds. The van der Waals surface area contributed by atoms with E-state index in [1.807, 2.05) is 74.5 Å². The number of nitrogens with zero attached hydrogens (tertiary/aromatic N) is 1. The van der Waals surface area contributed by atoms with Gasteiger partial charge in [0, 0.05) is 16.5 Å². The zero-order valence-corrected chi connectivity index (χ0v) is 22.3. The molecule has 2 aromatic rings. The standard InChI is InChI=1S/C29H35N3O4S/c1-18(2)30-26(35)24-29-15-14-28(3,37-29)22(25(34)31-20-12-8-5-9-13-20)23(29)27(36)32(24)21(17-33)16-19-10-6-4-7-11-19/h4-13,18,21-24,33H,14-17H2,1-3H3,(H,30,35)(H,31,34)/t21-,22+,23+,24?,28-,29?/m1/s1. The van der Waals surface area contributed by atoms with Crippen LogP contribution in [0.1, 0.15) is 39.2 Å². The topological polar surface area (TPSA) is 98.7 Å². The number of nitrogens with one attached hydrogen (secondary N) is 2. The molecule has 3 aliphatic heterocycles. The van der Waals surface area contributed by atoms with Crippen molar-refractivity contribution in [2.24, 2.45) is 11.8 Å². The smallest absolute Gasteiger partial charge is 0.244 e.